The van der Waals surface area contributed by atoms with E-state index in [2.05, 4.69) is 29.2 Å². The van der Waals surface area contributed by atoms with Gasteiger partial charge in [0.25, 0.3) is 0 Å². The van der Waals surface area contributed by atoms with E-state index in [-0.39, 0.29) is 0 Å². The van der Waals surface area contributed by atoms with Crippen molar-refractivity contribution >= 4 is 0 Å². The van der Waals surface area contributed by atoms with Crippen LogP contribution in [0.25, 0.3) is 0 Å². The van der Waals surface area contributed by atoms with Gasteiger partial charge in [-0.3, -0.25) is 4.90 Å². The van der Waals surface area contributed by atoms with Gasteiger partial charge in [-0.15, -0.1) is 0 Å². The SMILES string of the molecule is COCC(NCC1CN(C)CCN1C)C1CC1. The van der Waals surface area contributed by atoms with E-state index in [1.807, 2.05) is 0 Å². The molecule has 1 aliphatic heterocycles. The van der Waals surface area contributed by atoms with E-state index in [0.717, 1.165) is 19.1 Å². The van der Waals surface area contributed by atoms with Crippen molar-refractivity contribution in [3.05, 3.63) is 0 Å². The number of nitrogens with zero attached hydrogens (tertiary/aromatic N) is 2. The summed E-state index contributed by atoms with van der Waals surface area (Å²) in [4.78, 5) is 4.90. The summed E-state index contributed by atoms with van der Waals surface area (Å²) >= 11 is 0. The molecule has 1 N–H and O–H groups in total. The van der Waals surface area contributed by atoms with E-state index in [1.54, 1.807) is 7.11 Å². The van der Waals surface area contributed by atoms with E-state index < -0.39 is 0 Å². The molecule has 100 valence electrons. The molecule has 0 amide bonds. The van der Waals surface area contributed by atoms with Crippen LogP contribution in [0, 0.1) is 5.92 Å². The fraction of sp³-hybridized carbons (Fsp3) is 1.00. The topological polar surface area (TPSA) is 27.7 Å². The largest absolute Gasteiger partial charge is 0.383 e. The first-order valence-corrected chi connectivity index (χ1v) is 6.82. The molecular weight excluding hydrogens is 214 g/mol. The molecule has 4 heteroatoms. The number of hydrogen-bond acceptors (Lipinski definition) is 4. The normalized spacial score (nSPS) is 29.5. The highest BCUT2D eigenvalue weighted by Crippen LogP contribution is 2.32. The maximum atomic E-state index is 5.31. The second-order valence-corrected chi connectivity index (χ2v) is 5.70. The van der Waals surface area contributed by atoms with Crippen molar-refractivity contribution in [3.8, 4) is 0 Å². The van der Waals surface area contributed by atoms with Gasteiger partial charge in [-0.05, 0) is 32.9 Å². The predicted molar refractivity (Wildman–Crippen MR) is 70.3 cm³/mol. The molecule has 2 fully saturated rings. The molecule has 2 unspecified atom stereocenters. The molecule has 1 aliphatic carbocycles. The molecule has 1 saturated heterocycles. The fourth-order valence-electron chi connectivity index (χ4n) is 2.65. The number of ether oxygens (including phenoxy) is 1. The summed E-state index contributed by atoms with van der Waals surface area (Å²) in [5.74, 6) is 0.863. The van der Waals surface area contributed by atoms with Gasteiger partial charge in [-0.2, -0.15) is 0 Å². The van der Waals surface area contributed by atoms with Gasteiger partial charge in [0, 0.05) is 45.4 Å². The lowest BCUT2D eigenvalue weighted by Crippen LogP contribution is -2.55. The summed E-state index contributed by atoms with van der Waals surface area (Å²) in [6.45, 7) is 5.49. The van der Waals surface area contributed by atoms with Crippen molar-refractivity contribution in [1.82, 2.24) is 15.1 Å². The van der Waals surface area contributed by atoms with Crippen molar-refractivity contribution in [2.45, 2.75) is 24.9 Å². The van der Waals surface area contributed by atoms with Gasteiger partial charge in [0.1, 0.15) is 0 Å². The van der Waals surface area contributed by atoms with Gasteiger partial charge in [-0.25, -0.2) is 0 Å². The monoisotopic (exact) mass is 241 g/mol. The van der Waals surface area contributed by atoms with Gasteiger partial charge >= 0.3 is 0 Å². The minimum atomic E-state index is 0.570. The highest BCUT2D eigenvalue weighted by Gasteiger charge is 2.32. The Morgan fingerprint density at radius 3 is 2.71 bits per heavy atom. The third-order valence-corrected chi connectivity index (χ3v) is 4.13. The van der Waals surface area contributed by atoms with Crippen LogP contribution in [0.4, 0.5) is 0 Å². The fourth-order valence-corrected chi connectivity index (χ4v) is 2.65. The van der Waals surface area contributed by atoms with Crippen LogP contribution in [-0.2, 0) is 4.74 Å². The van der Waals surface area contributed by atoms with Crippen molar-refractivity contribution in [2.24, 2.45) is 5.92 Å². The summed E-state index contributed by atoms with van der Waals surface area (Å²) in [5.41, 5.74) is 0. The zero-order chi connectivity index (χ0) is 12.3. The van der Waals surface area contributed by atoms with Crippen molar-refractivity contribution in [2.75, 3.05) is 54.0 Å². The zero-order valence-corrected chi connectivity index (χ0v) is 11.5. The average Bonchev–Trinajstić information content (AvgIpc) is 3.12. The molecule has 1 heterocycles. The molecule has 0 spiro atoms. The molecule has 0 aromatic rings. The second kappa shape index (κ2) is 6.14. The van der Waals surface area contributed by atoms with Crippen LogP contribution in [0.5, 0.6) is 0 Å². The molecule has 17 heavy (non-hydrogen) atoms. The first-order valence-electron chi connectivity index (χ1n) is 6.82. The smallest absolute Gasteiger partial charge is 0.0618 e. The van der Waals surface area contributed by atoms with Crippen LogP contribution >= 0.6 is 0 Å². The number of likely N-dealkylation sites (N-methyl/N-ethyl adjacent to an activating group) is 2. The minimum absolute atomic E-state index is 0.570. The van der Waals surface area contributed by atoms with Crippen LogP contribution in [0.1, 0.15) is 12.8 Å². The molecular formula is C13H27N3O. The summed E-state index contributed by atoms with van der Waals surface area (Å²) in [6.07, 6.45) is 2.75. The predicted octanol–water partition coefficient (Wildman–Crippen LogP) is 0.247. The Labute approximate surface area is 105 Å². The summed E-state index contributed by atoms with van der Waals surface area (Å²) < 4.78 is 5.31. The molecule has 4 nitrogen and oxygen atoms in total. The van der Waals surface area contributed by atoms with E-state index in [0.29, 0.717) is 12.1 Å². The Morgan fingerprint density at radius 2 is 2.06 bits per heavy atom. The quantitative estimate of drug-likeness (QED) is 0.721. The van der Waals surface area contributed by atoms with E-state index >= 15 is 0 Å². The van der Waals surface area contributed by atoms with E-state index in [1.165, 1.54) is 32.5 Å². The van der Waals surface area contributed by atoms with Crippen LogP contribution in [-0.4, -0.2) is 75.9 Å². The number of hydrogen-bond donors (Lipinski definition) is 1. The standard InChI is InChI=1S/C13H27N3O/c1-15-6-7-16(2)12(9-15)8-14-13(10-17-3)11-4-5-11/h11-14H,4-10H2,1-3H3. The molecule has 0 aromatic carbocycles. The molecule has 2 atom stereocenters. The number of rotatable bonds is 6. The highest BCUT2D eigenvalue weighted by molar-refractivity contribution is 4.89. The van der Waals surface area contributed by atoms with Crippen molar-refractivity contribution in [3.63, 3.8) is 0 Å². The average molecular weight is 241 g/mol. The molecule has 2 aliphatic rings. The third kappa shape index (κ3) is 3.91. The third-order valence-electron chi connectivity index (χ3n) is 4.13. The molecule has 0 bridgehead atoms. The van der Waals surface area contributed by atoms with Gasteiger partial charge in [0.15, 0.2) is 0 Å². The van der Waals surface area contributed by atoms with Crippen LogP contribution in [0.2, 0.25) is 0 Å². The Kier molecular flexibility index (Phi) is 4.79. The summed E-state index contributed by atoms with van der Waals surface area (Å²) in [6, 6.07) is 1.22. The van der Waals surface area contributed by atoms with Gasteiger partial charge in [-0.1, -0.05) is 0 Å². The first kappa shape index (κ1) is 13.3. The minimum Gasteiger partial charge on any atom is -0.383 e. The lowest BCUT2D eigenvalue weighted by atomic mass is 10.1. The maximum Gasteiger partial charge on any atom is 0.0618 e. The van der Waals surface area contributed by atoms with Crippen molar-refractivity contribution in [1.29, 1.82) is 0 Å². The summed E-state index contributed by atoms with van der Waals surface area (Å²) in [5, 5.41) is 3.71. The van der Waals surface area contributed by atoms with Crippen molar-refractivity contribution < 1.29 is 4.74 Å². The Morgan fingerprint density at radius 1 is 1.29 bits per heavy atom. The zero-order valence-electron chi connectivity index (χ0n) is 11.5. The Hall–Kier alpha value is -0.160. The Balaban J connectivity index is 1.74. The molecule has 0 aromatic heterocycles. The van der Waals surface area contributed by atoms with Gasteiger partial charge in [0.05, 0.1) is 6.61 Å². The Bertz CT molecular complexity index is 233. The number of nitrogens with one attached hydrogen (secondary N) is 1. The van der Waals surface area contributed by atoms with E-state index in [4.69, 9.17) is 4.74 Å². The second-order valence-electron chi connectivity index (χ2n) is 5.70. The van der Waals surface area contributed by atoms with Gasteiger partial charge in [0.2, 0.25) is 0 Å². The van der Waals surface area contributed by atoms with Crippen LogP contribution in [0.3, 0.4) is 0 Å². The van der Waals surface area contributed by atoms with Crippen LogP contribution in [0.15, 0.2) is 0 Å². The lowest BCUT2D eigenvalue weighted by Gasteiger charge is -2.38. The maximum absolute atomic E-state index is 5.31. The first-order chi connectivity index (χ1) is 8.20. The number of piperazine rings is 1. The molecule has 1 saturated carbocycles. The molecule has 0 radical (unpaired) electrons. The highest BCUT2D eigenvalue weighted by atomic mass is 16.5. The van der Waals surface area contributed by atoms with Crippen LogP contribution < -0.4 is 5.32 Å². The van der Waals surface area contributed by atoms with Gasteiger partial charge < -0.3 is 15.0 Å². The van der Waals surface area contributed by atoms with E-state index in [9.17, 15) is 0 Å². The number of methoxy groups -OCH3 is 1. The molecule has 2 rings (SSSR count). The summed E-state index contributed by atoms with van der Waals surface area (Å²) in [7, 11) is 6.26. The lowest BCUT2D eigenvalue weighted by molar-refractivity contribution is 0.102.